The van der Waals surface area contributed by atoms with Crippen LogP contribution in [-0.4, -0.2) is 48.3 Å². The molecule has 2 aromatic carbocycles. The van der Waals surface area contributed by atoms with Crippen molar-refractivity contribution in [2.24, 2.45) is 0 Å². The van der Waals surface area contributed by atoms with E-state index in [1.807, 2.05) is 30.3 Å². The highest BCUT2D eigenvalue weighted by atomic mass is 16.2. The van der Waals surface area contributed by atoms with Gasteiger partial charge < -0.3 is 15.5 Å². The summed E-state index contributed by atoms with van der Waals surface area (Å²) in [5.41, 5.74) is 2.36. The molecule has 3 rings (SSSR count). The molecule has 0 aromatic heterocycles. The first-order chi connectivity index (χ1) is 14.7. The molecule has 0 aliphatic carbocycles. The van der Waals surface area contributed by atoms with Crippen molar-refractivity contribution in [2.45, 2.75) is 45.1 Å². The highest BCUT2D eigenvalue weighted by Gasteiger charge is 2.24. The standard InChI is InChI=1S/C25H31N3O3/c1-25(2,3)20-11-9-19(10-12-20)23(30)26-17-22(29)28-15-13-21(14-16-28)27-24(31)18-7-5-4-6-8-18/h4-12,21H,13-17H2,1-3H3,(H,26,30)(H,27,31). The third-order valence-corrected chi connectivity index (χ3v) is 5.63. The van der Waals surface area contributed by atoms with Crippen LogP contribution in [0.4, 0.5) is 0 Å². The maximum atomic E-state index is 12.5. The van der Waals surface area contributed by atoms with E-state index in [0.29, 0.717) is 37.1 Å². The van der Waals surface area contributed by atoms with Crippen molar-refractivity contribution in [3.05, 3.63) is 71.3 Å². The number of hydrogen-bond acceptors (Lipinski definition) is 3. The van der Waals surface area contributed by atoms with Crippen molar-refractivity contribution in [3.63, 3.8) is 0 Å². The quantitative estimate of drug-likeness (QED) is 0.779. The van der Waals surface area contributed by atoms with Crippen molar-refractivity contribution in [3.8, 4) is 0 Å². The summed E-state index contributed by atoms with van der Waals surface area (Å²) >= 11 is 0. The summed E-state index contributed by atoms with van der Waals surface area (Å²) in [6.45, 7) is 7.47. The van der Waals surface area contributed by atoms with E-state index in [2.05, 4.69) is 31.4 Å². The van der Waals surface area contributed by atoms with Gasteiger partial charge in [0.25, 0.3) is 11.8 Å². The monoisotopic (exact) mass is 421 g/mol. The second-order valence-electron chi connectivity index (χ2n) is 9.00. The maximum Gasteiger partial charge on any atom is 0.251 e. The van der Waals surface area contributed by atoms with Gasteiger partial charge in [0.15, 0.2) is 0 Å². The van der Waals surface area contributed by atoms with E-state index in [-0.39, 0.29) is 35.7 Å². The molecular formula is C25H31N3O3. The first-order valence-corrected chi connectivity index (χ1v) is 10.8. The summed E-state index contributed by atoms with van der Waals surface area (Å²) in [7, 11) is 0. The average molecular weight is 422 g/mol. The number of piperidine rings is 1. The van der Waals surface area contributed by atoms with E-state index in [1.165, 1.54) is 0 Å². The second kappa shape index (κ2) is 9.77. The Balaban J connectivity index is 1.42. The summed E-state index contributed by atoms with van der Waals surface area (Å²) in [4.78, 5) is 38.9. The Morgan fingerprint density at radius 1 is 0.871 bits per heavy atom. The molecule has 6 heteroatoms. The van der Waals surface area contributed by atoms with Crippen molar-refractivity contribution >= 4 is 17.7 Å². The minimum absolute atomic E-state index is 0.0255. The number of rotatable bonds is 5. The molecule has 0 spiro atoms. The van der Waals surface area contributed by atoms with Crippen molar-refractivity contribution in [1.29, 1.82) is 0 Å². The largest absolute Gasteiger partial charge is 0.349 e. The first kappa shape index (κ1) is 22.5. The van der Waals surface area contributed by atoms with Gasteiger partial charge in [-0.1, -0.05) is 51.1 Å². The first-order valence-electron chi connectivity index (χ1n) is 10.8. The molecule has 6 nitrogen and oxygen atoms in total. The van der Waals surface area contributed by atoms with Crippen molar-refractivity contribution in [2.75, 3.05) is 19.6 Å². The summed E-state index contributed by atoms with van der Waals surface area (Å²) < 4.78 is 0. The highest BCUT2D eigenvalue weighted by Crippen LogP contribution is 2.22. The van der Waals surface area contributed by atoms with E-state index < -0.39 is 0 Å². The lowest BCUT2D eigenvalue weighted by molar-refractivity contribution is -0.131. The van der Waals surface area contributed by atoms with Crippen LogP contribution in [0.3, 0.4) is 0 Å². The fourth-order valence-corrected chi connectivity index (χ4v) is 3.62. The molecule has 1 aliphatic heterocycles. The van der Waals surface area contributed by atoms with Crippen molar-refractivity contribution < 1.29 is 14.4 Å². The number of carbonyl (C=O) groups excluding carboxylic acids is 3. The van der Waals surface area contributed by atoms with Gasteiger partial charge in [0, 0.05) is 30.3 Å². The molecule has 0 atom stereocenters. The van der Waals surface area contributed by atoms with Gasteiger partial charge in [-0.25, -0.2) is 0 Å². The smallest absolute Gasteiger partial charge is 0.251 e. The predicted molar refractivity (Wildman–Crippen MR) is 121 cm³/mol. The Hall–Kier alpha value is -3.15. The fourth-order valence-electron chi connectivity index (χ4n) is 3.62. The van der Waals surface area contributed by atoms with Crippen molar-refractivity contribution in [1.82, 2.24) is 15.5 Å². The zero-order valence-electron chi connectivity index (χ0n) is 18.5. The molecule has 0 unspecified atom stereocenters. The third kappa shape index (κ3) is 6.17. The maximum absolute atomic E-state index is 12.5. The molecule has 2 N–H and O–H groups in total. The summed E-state index contributed by atoms with van der Waals surface area (Å²) in [5, 5.41) is 5.75. The van der Waals surface area contributed by atoms with Gasteiger partial charge in [0.05, 0.1) is 6.54 Å². The second-order valence-corrected chi connectivity index (χ2v) is 9.00. The minimum atomic E-state index is -0.251. The molecule has 0 bridgehead atoms. The number of carbonyl (C=O) groups is 3. The van der Waals surface area contributed by atoms with E-state index in [0.717, 1.165) is 5.56 Å². The topological polar surface area (TPSA) is 78.5 Å². The summed E-state index contributed by atoms with van der Waals surface area (Å²) in [6.07, 6.45) is 1.40. The van der Waals surface area contributed by atoms with Crippen LogP contribution in [0.1, 0.15) is 59.9 Å². The average Bonchev–Trinajstić information content (AvgIpc) is 2.78. The third-order valence-electron chi connectivity index (χ3n) is 5.63. The molecule has 1 fully saturated rings. The lowest BCUT2D eigenvalue weighted by atomic mass is 9.87. The van der Waals surface area contributed by atoms with Crippen LogP contribution < -0.4 is 10.6 Å². The molecule has 2 aromatic rings. The van der Waals surface area contributed by atoms with E-state index in [9.17, 15) is 14.4 Å². The zero-order chi connectivity index (χ0) is 22.4. The Morgan fingerprint density at radius 2 is 1.45 bits per heavy atom. The minimum Gasteiger partial charge on any atom is -0.349 e. The number of nitrogens with one attached hydrogen (secondary N) is 2. The van der Waals surface area contributed by atoms with Gasteiger partial charge in [-0.3, -0.25) is 14.4 Å². The van der Waals surface area contributed by atoms with Crippen LogP contribution >= 0.6 is 0 Å². The Bertz CT molecular complexity index is 909. The van der Waals surface area contributed by atoms with Crippen LogP contribution in [0.5, 0.6) is 0 Å². The molecule has 1 heterocycles. The number of nitrogens with zero attached hydrogens (tertiary/aromatic N) is 1. The van der Waals surface area contributed by atoms with E-state index in [1.54, 1.807) is 29.2 Å². The van der Waals surface area contributed by atoms with E-state index >= 15 is 0 Å². The van der Waals surface area contributed by atoms with Crippen LogP contribution in [0, 0.1) is 0 Å². The molecule has 31 heavy (non-hydrogen) atoms. The summed E-state index contributed by atoms with van der Waals surface area (Å²) in [6, 6.07) is 16.7. The molecular weight excluding hydrogens is 390 g/mol. The van der Waals surface area contributed by atoms with Crippen LogP contribution in [0.2, 0.25) is 0 Å². The Morgan fingerprint density at radius 3 is 2.03 bits per heavy atom. The SMILES string of the molecule is CC(C)(C)c1ccc(C(=O)NCC(=O)N2CCC(NC(=O)c3ccccc3)CC2)cc1. The predicted octanol–water partition coefficient (Wildman–Crippen LogP) is 3.13. The lowest BCUT2D eigenvalue weighted by Gasteiger charge is -2.32. The molecule has 0 saturated carbocycles. The number of likely N-dealkylation sites (tertiary alicyclic amines) is 1. The van der Waals surface area contributed by atoms with Gasteiger partial charge in [-0.2, -0.15) is 0 Å². The van der Waals surface area contributed by atoms with Gasteiger partial charge in [-0.15, -0.1) is 0 Å². The van der Waals surface area contributed by atoms with E-state index in [4.69, 9.17) is 0 Å². The lowest BCUT2D eigenvalue weighted by Crippen LogP contribution is -2.49. The number of benzene rings is 2. The van der Waals surface area contributed by atoms with Gasteiger partial charge in [0.1, 0.15) is 0 Å². The normalized spacial score (nSPS) is 14.7. The molecule has 0 radical (unpaired) electrons. The molecule has 1 saturated heterocycles. The molecule has 3 amide bonds. The van der Waals surface area contributed by atoms with Crippen LogP contribution in [-0.2, 0) is 10.2 Å². The molecule has 1 aliphatic rings. The Kier molecular flexibility index (Phi) is 7.10. The van der Waals surface area contributed by atoms with Crippen LogP contribution in [0.25, 0.3) is 0 Å². The number of amides is 3. The highest BCUT2D eigenvalue weighted by molar-refractivity contribution is 5.96. The molecule has 164 valence electrons. The van der Waals surface area contributed by atoms with Gasteiger partial charge in [0.2, 0.25) is 5.91 Å². The zero-order valence-corrected chi connectivity index (χ0v) is 18.5. The Labute approximate surface area is 184 Å². The number of hydrogen-bond donors (Lipinski definition) is 2. The summed E-state index contributed by atoms with van der Waals surface area (Å²) in [5.74, 6) is -0.443. The fraction of sp³-hybridized carbons (Fsp3) is 0.400. The van der Waals surface area contributed by atoms with Crippen LogP contribution in [0.15, 0.2) is 54.6 Å². The van der Waals surface area contributed by atoms with Gasteiger partial charge >= 0.3 is 0 Å². The van der Waals surface area contributed by atoms with Gasteiger partial charge in [-0.05, 0) is 48.1 Å².